The Morgan fingerprint density at radius 3 is 2.73 bits per heavy atom. The van der Waals surface area contributed by atoms with E-state index in [0.29, 0.717) is 0 Å². The summed E-state index contributed by atoms with van der Waals surface area (Å²) in [6, 6.07) is 4.81. The SMILES string of the molecule is SCCc1cc2c3c(c1)CCN3CCC2. The maximum Gasteiger partial charge on any atom is 0.0432 e. The van der Waals surface area contributed by atoms with E-state index in [0.717, 1.165) is 12.2 Å². The zero-order valence-corrected chi connectivity index (χ0v) is 9.89. The fourth-order valence-corrected chi connectivity index (χ4v) is 3.20. The van der Waals surface area contributed by atoms with Gasteiger partial charge >= 0.3 is 0 Å². The molecule has 0 fully saturated rings. The molecule has 0 amide bonds. The van der Waals surface area contributed by atoms with Crippen LogP contribution in [0.4, 0.5) is 5.69 Å². The first-order valence-corrected chi connectivity index (χ1v) is 6.52. The molecular formula is C13H17NS. The average molecular weight is 219 g/mol. The number of nitrogens with zero attached hydrogens (tertiary/aromatic N) is 1. The van der Waals surface area contributed by atoms with Crippen molar-refractivity contribution in [1.29, 1.82) is 0 Å². The van der Waals surface area contributed by atoms with Crippen LogP contribution in [0.3, 0.4) is 0 Å². The van der Waals surface area contributed by atoms with E-state index in [1.165, 1.54) is 37.9 Å². The van der Waals surface area contributed by atoms with Gasteiger partial charge in [0.05, 0.1) is 0 Å². The van der Waals surface area contributed by atoms with E-state index in [1.807, 2.05) is 0 Å². The second-order valence-corrected chi connectivity index (χ2v) is 5.02. The van der Waals surface area contributed by atoms with Crippen molar-refractivity contribution >= 4 is 18.3 Å². The van der Waals surface area contributed by atoms with Crippen LogP contribution in [0.5, 0.6) is 0 Å². The van der Waals surface area contributed by atoms with Crippen LogP contribution in [0, 0.1) is 0 Å². The Morgan fingerprint density at radius 1 is 1.13 bits per heavy atom. The van der Waals surface area contributed by atoms with Gasteiger partial charge in [-0.2, -0.15) is 12.6 Å². The first kappa shape index (κ1) is 9.59. The summed E-state index contributed by atoms with van der Waals surface area (Å²) in [5.41, 5.74) is 6.24. The second-order valence-electron chi connectivity index (χ2n) is 4.58. The molecule has 0 bridgehead atoms. The van der Waals surface area contributed by atoms with Crippen LogP contribution in [0.1, 0.15) is 23.1 Å². The summed E-state index contributed by atoms with van der Waals surface area (Å²) < 4.78 is 0. The lowest BCUT2D eigenvalue weighted by atomic mass is 9.96. The maximum atomic E-state index is 4.32. The van der Waals surface area contributed by atoms with Crippen LogP contribution in [0.2, 0.25) is 0 Å². The number of thiol groups is 1. The zero-order valence-electron chi connectivity index (χ0n) is 9.00. The zero-order chi connectivity index (χ0) is 10.3. The van der Waals surface area contributed by atoms with Crippen LogP contribution in [0.25, 0.3) is 0 Å². The lowest BCUT2D eigenvalue weighted by molar-refractivity contribution is 0.718. The number of hydrogen-bond acceptors (Lipinski definition) is 2. The van der Waals surface area contributed by atoms with Crippen LogP contribution < -0.4 is 4.90 Å². The molecule has 1 nitrogen and oxygen atoms in total. The van der Waals surface area contributed by atoms with E-state index in [9.17, 15) is 0 Å². The molecule has 0 unspecified atom stereocenters. The van der Waals surface area contributed by atoms with Crippen LogP contribution in [-0.4, -0.2) is 18.8 Å². The molecule has 3 rings (SSSR count). The second kappa shape index (κ2) is 3.75. The van der Waals surface area contributed by atoms with Crippen LogP contribution in [-0.2, 0) is 19.3 Å². The first-order chi connectivity index (χ1) is 7.38. The molecule has 0 spiro atoms. The predicted octanol–water partition coefficient (Wildman–Crippen LogP) is 2.47. The Bertz CT molecular complexity index is 386. The molecule has 1 aromatic carbocycles. The van der Waals surface area contributed by atoms with E-state index in [1.54, 1.807) is 16.8 Å². The third-order valence-corrected chi connectivity index (χ3v) is 3.79. The minimum absolute atomic E-state index is 0.960. The number of benzene rings is 1. The summed E-state index contributed by atoms with van der Waals surface area (Å²) in [5.74, 6) is 0.960. The third-order valence-electron chi connectivity index (χ3n) is 3.57. The Labute approximate surface area is 96.9 Å². The third kappa shape index (κ3) is 1.55. The van der Waals surface area contributed by atoms with E-state index in [2.05, 4.69) is 29.7 Å². The van der Waals surface area contributed by atoms with Crippen molar-refractivity contribution in [3.8, 4) is 0 Å². The molecule has 0 N–H and O–H groups in total. The van der Waals surface area contributed by atoms with Gasteiger partial charge in [0.1, 0.15) is 0 Å². The molecule has 2 heterocycles. The molecule has 0 aromatic heterocycles. The summed E-state index contributed by atoms with van der Waals surface area (Å²) in [6.07, 6.45) is 4.97. The van der Waals surface area contributed by atoms with Gasteiger partial charge in [0.15, 0.2) is 0 Å². The minimum Gasteiger partial charge on any atom is -0.371 e. The highest BCUT2D eigenvalue weighted by molar-refractivity contribution is 7.80. The van der Waals surface area contributed by atoms with Gasteiger partial charge in [0.2, 0.25) is 0 Å². The van der Waals surface area contributed by atoms with Crippen molar-refractivity contribution < 1.29 is 0 Å². The highest BCUT2D eigenvalue weighted by Gasteiger charge is 2.25. The van der Waals surface area contributed by atoms with Gasteiger partial charge in [0.25, 0.3) is 0 Å². The van der Waals surface area contributed by atoms with Crippen molar-refractivity contribution in [3.05, 3.63) is 28.8 Å². The molecule has 0 saturated heterocycles. The van der Waals surface area contributed by atoms with E-state index >= 15 is 0 Å². The highest BCUT2D eigenvalue weighted by atomic mass is 32.1. The molecule has 0 saturated carbocycles. The molecular weight excluding hydrogens is 202 g/mol. The molecule has 0 atom stereocenters. The van der Waals surface area contributed by atoms with Crippen molar-refractivity contribution in [2.24, 2.45) is 0 Å². The van der Waals surface area contributed by atoms with Gasteiger partial charge in [-0.15, -0.1) is 0 Å². The van der Waals surface area contributed by atoms with Crippen molar-refractivity contribution in [1.82, 2.24) is 0 Å². The Hall–Kier alpha value is -0.630. The summed E-state index contributed by atoms with van der Waals surface area (Å²) in [4.78, 5) is 2.57. The lowest BCUT2D eigenvalue weighted by Gasteiger charge is -2.27. The maximum absolute atomic E-state index is 4.32. The van der Waals surface area contributed by atoms with E-state index < -0.39 is 0 Å². The van der Waals surface area contributed by atoms with Gasteiger partial charge < -0.3 is 4.90 Å². The number of hydrogen-bond donors (Lipinski definition) is 1. The van der Waals surface area contributed by atoms with Gasteiger partial charge in [0, 0.05) is 18.8 Å². The predicted molar refractivity (Wildman–Crippen MR) is 68.2 cm³/mol. The molecule has 1 aromatic rings. The molecule has 15 heavy (non-hydrogen) atoms. The molecule has 2 aliphatic heterocycles. The Kier molecular flexibility index (Phi) is 2.39. The summed E-state index contributed by atoms with van der Waals surface area (Å²) >= 11 is 4.32. The normalized spacial score (nSPS) is 18.1. The van der Waals surface area contributed by atoms with Crippen LogP contribution in [0.15, 0.2) is 12.1 Å². The van der Waals surface area contributed by atoms with Gasteiger partial charge in [-0.25, -0.2) is 0 Å². The number of rotatable bonds is 2. The van der Waals surface area contributed by atoms with Gasteiger partial charge in [-0.3, -0.25) is 0 Å². The smallest absolute Gasteiger partial charge is 0.0432 e. The van der Waals surface area contributed by atoms with Crippen molar-refractivity contribution in [2.45, 2.75) is 25.7 Å². The fraction of sp³-hybridized carbons (Fsp3) is 0.538. The van der Waals surface area contributed by atoms with Gasteiger partial charge in [-0.05, 0) is 48.1 Å². The monoisotopic (exact) mass is 219 g/mol. The van der Waals surface area contributed by atoms with Gasteiger partial charge in [-0.1, -0.05) is 12.1 Å². The van der Waals surface area contributed by atoms with E-state index in [4.69, 9.17) is 0 Å². The fourth-order valence-electron chi connectivity index (χ4n) is 2.94. The highest BCUT2D eigenvalue weighted by Crippen LogP contribution is 2.36. The quantitative estimate of drug-likeness (QED) is 0.748. The Morgan fingerprint density at radius 2 is 1.93 bits per heavy atom. The average Bonchev–Trinajstić information content (AvgIpc) is 2.64. The molecule has 2 aliphatic rings. The summed E-state index contributed by atoms with van der Waals surface area (Å²) in [7, 11) is 0. The number of aryl methyl sites for hydroxylation is 2. The number of anilines is 1. The first-order valence-electron chi connectivity index (χ1n) is 5.89. The summed E-state index contributed by atoms with van der Waals surface area (Å²) in [6.45, 7) is 2.51. The lowest BCUT2D eigenvalue weighted by Crippen LogP contribution is -2.26. The molecule has 0 radical (unpaired) electrons. The molecule has 0 aliphatic carbocycles. The van der Waals surface area contributed by atoms with Crippen LogP contribution >= 0.6 is 12.6 Å². The summed E-state index contributed by atoms with van der Waals surface area (Å²) in [5, 5.41) is 0. The Balaban J connectivity index is 2.06. The topological polar surface area (TPSA) is 3.24 Å². The largest absolute Gasteiger partial charge is 0.371 e. The van der Waals surface area contributed by atoms with E-state index in [-0.39, 0.29) is 0 Å². The molecule has 2 heteroatoms. The van der Waals surface area contributed by atoms with Crippen molar-refractivity contribution in [2.75, 3.05) is 23.7 Å². The standard InChI is InChI=1S/C13H17NS/c15-7-4-10-8-11-2-1-5-14-6-3-12(9-10)13(11)14/h8-9,15H,1-7H2. The van der Waals surface area contributed by atoms with Crippen molar-refractivity contribution in [3.63, 3.8) is 0 Å². The molecule has 80 valence electrons. The minimum atomic E-state index is 0.960.